The third-order valence-electron chi connectivity index (χ3n) is 5.98. The largest absolute Gasteiger partial charge is 0.378 e. The van der Waals surface area contributed by atoms with E-state index in [1.165, 1.54) is 0 Å². The van der Waals surface area contributed by atoms with Crippen LogP contribution < -0.4 is 4.90 Å². The van der Waals surface area contributed by atoms with Gasteiger partial charge in [-0.2, -0.15) is 5.10 Å². The van der Waals surface area contributed by atoms with Gasteiger partial charge in [-0.25, -0.2) is 14.0 Å². The molecule has 4 aromatic rings. The second-order valence-electron chi connectivity index (χ2n) is 8.33. The second kappa shape index (κ2) is 8.57. The molecule has 1 aliphatic rings. The molecule has 1 fully saturated rings. The van der Waals surface area contributed by atoms with Crippen LogP contribution in [0.3, 0.4) is 0 Å². The molecule has 4 heterocycles. The molecule has 33 heavy (non-hydrogen) atoms. The van der Waals surface area contributed by atoms with E-state index in [0.717, 1.165) is 52.3 Å². The van der Waals surface area contributed by atoms with Gasteiger partial charge in [0.05, 0.1) is 28.6 Å². The molecule has 1 aromatic carbocycles. The molecule has 5 rings (SSSR count). The molecule has 0 amide bonds. The second-order valence-corrected chi connectivity index (χ2v) is 10.9. The first-order valence-corrected chi connectivity index (χ1v) is 12.6. The Morgan fingerprint density at radius 3 is 2.52 bits per heavy atom. The molecule has 0 aliphatic carbocycles. The van der Waals surface area contributed by atoms with Gasteiger partial charge >= 0.3 is 0 Å². The van der Waals surface area contributed by atoms with E-state index in [0.29, 0.717) is 18.1 Å². The van der Waals surface area contributed by atoms with Crippen molar-refractivity contribution in [1.82, 2.24) is 20.2 Å². The van der Waals surface area contributed by atoms with Crippen molar-refractivity contribution < 1.29 is 8.95 Å². The lowest BCUT2D eigenvalue weighted by Crippen LogP contribution is -2.36. The number of benzene rings is 1. The number of aromatic nitrogens is 4. The maximum absolute atomic E-state index is 12.8. The highest BCUT2D eigenvalue weighted by molar-refractivity contribution is 7.93. The van der Waals surface area contributed by atoms with Crippen LogP contribution in [-0.4, -0.2) is 55.9 Å². The molecule has 170 valence electrons. The summed E-state index contributed by atoms with van der Waals surface area (Å²) < 4.78 is 26.6. The maximum Gasteiger partial charge on any atom is 0.130 e. The Kier molecular flexibility index (Phi) is 5.59. The quantitative estimate of drug-likeness (QED) is 0.457. The lowest BCUT2D eigenvalue weighted by molar-refractivity contribution is 0.122. The fourth-order valence-corrected chi connectivity index (χ4v) is 5.11. The lowest BCUT2D eigenvalue weighted by atomic mass is 10.00. The van der Waals surface area contributed by atoms with E-state index in [2.05, 4.69) is 26.1 Å². The number of pyridine rings is 2. The number of aromatic amines is 1. The zero-order chi connectivity index (χ0) is 23.0. The van der Waals surface area contributed by atoms with Gasteiger partial charge in [0, 0.05) is 41.0 Å². The highest BCUT2D eigenvalue weighted by Crippen LogP contribution is 2.35. The molecule has 1 unspecified atom stereocenters. The molecule has 1 aliphatic heterocycles. The molecular weight excluding hydrogens is 436 g/mol. The standard InChI is InChI=1S/C24H26N6O2S/c1-16(2)33(25,31)18-5-3-17(4-6-18)20-15-22(30-11-13-32-14-12-30)28-23-19(20)7-9-26-24(23)21-8-10-27-29-21/h3-10,15-16,25H,11-14H2,1-2H3,(H,27,29). The molecule has 1 saturated heterocycles. The Balaban J connectivity index is 1.70. The highest BCUT2D eigenvalue weighted by Gasteiger charge is 2.20. The third kappa shape index (κ3) is 3.98. The van der Waals surface area contributed by atoms with Gasteiger partial charge in [0.15, 0.2) is 0 Å². The van der Waals surface area contributed by atoms with Crippen LogP contribution in [0.1, 0.15) is 13.8 Å². The number of nitrogens with zero attached hydrogens (tertiary/aromatic N) is 4. The van der Waals surface area contributed by atoms with Crippen molar-refractivity contribution in [3.05, 3.63) is 54.9 Å². The average molecular weight is 463 g/mol. The van der Waals surface area contributed by atoms with Crippen LogP contribution in [0.5, 0.6) is 0 Å². The topological polar surface area (TPSA) is 108 Å². The number of ether oxygens (including phenoxy) is 1. The van der Waals surface area contributed by atoms with Gasteiger partial charge in [0.25, 0.3) is 0 Å². The molecule has 3 aromatic heterocycles. The number of rotatable bonds is 5. The van der Waals surface area contributed by atoms with Crippen LogP contribution in [0.2, 0.25) is 0 Å². The predicted octanol–water partition coefficient (Wildman–Crippen LogP) is 4.34. The molecule has 1 atom stereocenters. The van der Waals surface area contributed by atoms with Gasteiger partial charge in [0.1, 0.15) is 17.0 Å². The fraction of sp³-hybridized carbons (Fsp3) is 0.292. The molecule has 0 saturated carbocycles. The summed E-state index contributed by atoms with van der Waals surface area (Å²) in [6, 6.07) is 13.5. The van der Waals surface area contributed by atoms with Crippen molar-refractivity contribution in [1.29, 1.82) is 4.78 Å². The van der Waals surface area contributed by atoms with Crippen LogP contribution in [0, 0.1) is 4.78 Å². The van der Waals surface area contributed by atoms with Gasteiger partial charge in [-0.3, -0.25) is 10.1 Å². The monoisotopic (exact) mass is 462 g/mol. The first kappa shape index (κ1) is 21.5. The van der Waals surface area contributed by atoms with Crippen molar-refractivity contribution in [2.75, 3.05) is 31.2 Å². The number of nitrogens with one attached hydrogen (secondary N) is 2. The summed E-state index contributed by atoms with van der Waals surface area (Å²) in [7, 11) is -2.84. The Morgan fingerprint density at radius 2 is 1.85 bits per heavy atom. The summed E-state index contributed by atoms with van der Waals surface area (Å²) in [6.07, 6.45) is 3.48. The molecule has 0 spiro atoms. The van der Waals surface area contributed by atoms with Crippen LogP contribution in [0.4, 0.5) is 5.82 Å². The van der Waals surface area contributed by atoms with E-state index >= 15 is 0 Å². The zero-order valence-electron chi connectivity index (χ0n) is 18.6. The van der Waals surface area contributed by atoms with Crippen molar-refractivity contribution in [3.8, 4) is 22.5 Å². The Bertz CT molecular complexity index is 1380. The van der Waals surface area contributed by atoms with E-state index in [-0.39, 0.29) is 5.25 Å². The number of anilines is 1. The average Bonchev–Trinajstić information content (AvgIpc) is 3.38. The van der Waals surface area contributed by atoms with Gasteiger partial charge in [0.2, 0.25) is 0 Å². The van der Waals surface area contributed by atoms with Gasteiger partial charge in [-0.05, 0) is 55.3 Å². The van der Waals surface area contributed by atoms with Crippen molar-refractivity contribution in [2.24, 2.45) is 0 Å². The molecule has 8 nitrogen and oxygen atoms in total. The maximum atomic E-state index is 12.8. The van der Waals surface area contributed by atoms with Crippen LogP contribution in [-0.2, 0) is 14.5 Å². The molecular formula is C24H26N6O2S. The summed E-state index contributed by atoms with van der Waals surface area (Å²) in [5.74, 6) is 0.866. The smallest absolute Gasteiger partial charge is 0.130 e. The van der Waals surface area contributed by atoms with E-state index in [1.54, 1.807) is 12.4 Å². The summed E-state index contributed by atoms with van der Waals surface area (Å²) >= 11 is 0. The predicted molar refractivity (Wildman–Crippen MR) is 130 cm³/mol. The van der Waals surface area contributed by atoms with Gasteiger partial charge < -0.3 is 9.64 Å². The molecule has 0 bridgehead atoms. The Labute approximate surface area is 193 Å². The van der Waals surface area contributed by atoms with Crippen LogP contribution in [0.25, 0.3) is 33.4 Å². The minimum atomic E-state index is -2.84. The van der Waals surface area contributed by atoms with Crippen molar-refractivity contribution >= 4 is 26.4 Å². The molecule has 0 radical (unpaired) electrons. The molecule has 2 N–H and O–H groups in total. The van der Waals surface area contributed by atoms with Gasteiger partial charge in [-0.15, -0.1) is 0 Å². The van der Waals surface area contributed by atoms with E-state index in [9.17, 15) is 4.21 Å². The summed E-state index contributed by atoms with van der Waals surface area (Å²) in [5, 5.41) is 7.80. The zero-order valence-corrected chi connectivity index (χ0v) is 19.4. The SMILES string of the molecule is CC(C)S(=N)(=O)c1ccc(-c2cc(N3CCOCC3)nc3c(-c4ccn[nH]4)nccc23)cc1. The fourth-order valence-electron chi connectivity index (χ4n) is 4.03. The number of morpholine rings is 1. The number of hydrogen-bond acceptors (Lipinski definition) is 7. The first-order chi connectivity index (χ1) is 15.9. The third-order valence-corrected chi connectivity index (χ3v) is 8.28. The number of H-pyrrole nitrogens is 1. The normalized spacial score (nSPS) is 16.3. The Morgan fingerprint density at radius 1 is 1.09 bits per heavy atom. The first-order valence-electron chi connectivity index (χ1n) is 11.0. The minimum absolute atomic E-state index is 0.249. The summed E-state index contributed by atoms with van der Waals surface area (Å²) in [4.78, 5) is 12.4. The lowest BCUT2D eigenvalue weighted by Gasteiger charge is -2.28. The van der Waals surface area contributed by atoms with Crippen LogP contribution in [0.15, 0.2) is 59.8 Å². The van der Waals surface area contributed by atoms with E-state index in [4.69, 9.17) is 14.5 Å². The number of fused-ring (bicyclic) bond motifs is 1. The van der Waals surface area contributed by atoms with Gasteiger partial charge in [-0.1, -0.05) is 12.1 Å². The Hall–Kier alpha value is -3.30. The highest BCUT2D eigenvalue weighted by atomic mass is 32.2. The van der Waals surface area contributed by atoms with E-state index < -0.39 is 9.73 Å². The molecule has 9 heteroatoms. The number of hydrogen-bond donors (Lipinski definition) is 2. The summed E-state index contributed by atoms with van der Waals surface area (Å²) in [5.41, 5.74) is 4.32. The van der Waals surface area contributed by atoms with E-state index in [1.807, 2.05) is 50.2 Å². The van der Waals surface area contributed by atoms with Crippen LogP contribution >= 0.6 is 0 Å². The van der Waals surface area contributed by atoms with Crippen molar-refractivity contribution in [2.45, 2.75) is 24.0 Å². The van der Waals surface area contributed by atoms with Crippen molar-refractivity contribution in [3.63, 3.8) is 0 Å². The minimum Gasteiger partial charge on any atom is -0.378 e. The summed E-state index contributed by atoms with van der Waals surface area (Å²) in [6.45, 7) is 6.50.